The number of aliphatic carboxylic acids is 1. The first-order valence-electron chi connectivity index (χ1n) is 10.8. The van der Waals surface area contributed by atoms with Gasteiger partial charge in [0.05, 0.1) is 5.60 Å². The average Bonchev–Trinajstić information content (AvgIpc) is 3.08. The first-order chi connectivity index (χ1) is 15.2. The van der Waals surface area contributed by atoms with Crippen LogP contribution in [0.1, 0.15) is 44.2 Å². The summed E-state index contributed by atoms with van der Waals surface area (Å²) in [5.41, 5.74) is 3.66. The maximum Gasteiger partial charge on any atom is 0.407 e. The van der Waals surface area contributed by atoms with Crippen LogP contribution in [0.15, 0.2) is 48.5 Å². The molecule has 1 amide bonds. The fourth-order valence-electron chi connectivity index (χ4n) is 3.69. The van der Waals surface area contributed by atoms with Gasteiger partial charge >= 0.3 is 12.1 Å². The molecule has 3 N–H and O–H groups in total. The lowest BCUT2D eigenvalue weighted by Crippen LogP contribution is -2.42. The van der Waals surface area contributed by atoms with Crippen LogP contribution in [0.5, 0.6) is 0 Å². The van der Waals surface area contributed by atoms with E-state index in [1.165, 1.54) is 11.8 Å². The number of carboxylic acids is 1. The number of carbonyl (C=O) groups is 2. The topological polar surface area (TPSA) is 95.9 Å². The molecule has 0 aromatic heterocycles. The molecule has 32 heavy (non-hydrogen) atoms. The smallest absolute Gasteiger partial charge is 0.407 e. The van der Waals surface area contributed by atoms with Gasteiger partial charge in [-0.1, -0.05) is 62.4 Å². The third-order valence-corrected chi connectivity index (χ3v) is 7.44. The van der Waals surface area contributed by atoms with E-state index in [0.29, 0.717) is 11.5 Å². The number of benzene rings is 2. The highest BCUT2D eigenvalue weighted by atomic mass is 32.2. The van der Waals surface area contributed by atoms with Gasteiger partial charge in [-0.2, -0.15) is 11.8 Å². The number of ether oxygens (including phenoxy) is 1. The van der Waals surface area contributed by atoms with Crippen molar-refractivity contribution in [3.8, 4) is 11.1 Å². The van der Waals surface area contributed by atoms with Crippen LogP contribution in [-0.2, 0) is 9.53 Å². The number of alkyl carbamates (subject to hydrolysis) is 1. The van der Waals surface area contributed by atoms with Crippen molar-refractivity contribution in [3.63, 3.8) is 0 Å². The summed E-state index contributed by atoms with van der Waals surface area (Å²) in [4.78, 5) is 24.0. The zero-order chi connectivity index (χ0) is 23.3. The van der Waals surface area contributed by atoms with E-state index in [1.807, 2.05) is 50.2 Å². The fraction of sp³-hybridized carbons (Fsp3) is 0.440. The second-order valence-electron chi connectivity index (χ2n) is 8.71. The number of rotatable bonds is 10. The molecule has 2 aromatic rings. The van der Waals surface area contributed by atoms with Crippen LogP contribution in [0.25, 0.3) is 11.1 Å². The number of hydrogen-bond donors (Lipinski definition) is 3. The third kappa shape index (κ3) is 5.64. The van der Waals surface area contributed by atoms with E-state index < -0.39 is 23.7 Å². The van der Waals surface area contributed by atoms with E-state index in [9.17, 15) is 19.8 Å². The van der Waals surface area contributed by atoms with Crippen LogP contribution in [0.4, 0.5) is 4.79 Å². The van der Waals surface area contributed by atoms with Crippen molar-refractivity contribution >= 4 is 23.8 Å². The second-order valence-corrected chi connectivity index (χ2v) is 9.82. The van der Waals surface area contributed by atoms with Gasteiger partial charge < -0.3 is 20.3 Å². The van der Waals surface area contributed by atoms with Crippen molar-refractivity contribution in [1.82, 2.24) is 5.32 Å². The van der Waals surface area contributed by atoms with Gasteiger partial charge in [0.1, 0.15) is 12.6 Å². The molecular formula is C25H31NO5S. The Morgan fingerprint density at radius 3 is 2.19 bits per heavy atom. The van der Waals surface area contributed by atoms with E-state index in [0.717, 1.165) is 22.3 Å². The van der Waals surface area contributed by atoms with Crippen LogP contribution < -0.4 is 5.32 Å². The van der Waals surface area contributed by atoms with Crippen molar-refractivity contribution in [3.05, 3.63) is 59.7 Å². The first kappa shape index (κ1) is 24.1. The van der Waals surface area contributed by atoms with Crippen molar-refractivity contribution in [2.75, 3.05) is 18.1 Å². The molecule has 0 bridgehead atoms. The molecule has 0 saturated heterocycles. The third-order valence-electron chi connectivity index (χ3n) is 6.12. The molecule has 0 spiro atoms. The lowest BCUT2D eigenvalue weighted by Gasteiger charge is -2.27. The monoisotopic (exact) mass is 457 g/mol. The van der Waals surface area contributed by atoms with Gasteiger partial charge in [0.25, 0.3) is 0 Å². The number of carboxylic acid groups (broad SMARTS) is 1. The summed E-state index contributed by atoms with van der Waals surface area (Å²) in [6, 6.07) is 15.0. The zero-order valence-corrected chi connectivity index (χ0v) is 19.5. The number of carbonyl (C=O) groups excluding carboxylic acids is 1. The Morgan fingerprint density at radius 2 is 1.66 bits per heavy atom. The average molecular weight is 458 g/mol. The lowest BCUT2D eigenvalue weighted by molar-refractivity contribution is -0.139. The summed E-state index contributed by atoms with van der Waals surface area (Å²) < 4.78 is 5.45. The van der Waals surface area contributed by atoms with Gasteiger partial charge in [-0.15, -0.1) is 0 Å². The van der Waals surface area contributed by atoms with Crippen LogP contribution in [-0.4, -0.2) is 52.0 Å². The molecular weight excluding hydrogens is 426 g/mol. The highest BCUT2D eigenvalue weighted by Gasteiger charge is 2.30. The Hall–Kier alpha value is -2.51. The Balaban J connectivity index is 1.54. The Bertz CT molecular complexity index is 913. The molecule has 0 saturated carbocycles. The summed E-state index contributed by atoms with van der Waals surface area (Å²) in [5, 5.41) is 22.3. The number of hydrogen-bond acceptors (Lipinski definition) is 5. The number of fused-ring (bicyclic) bond motifs is 3. The first-order valence-corrected chi connectivity index (χ1v) is 12.0. The lowest BCUT2D eigenvalue weighted by atomic mass is 9.95. The zero-order valence-electron chi connectivity index (χ0n) is 18.7. The van der Waals surface area contributed by atoms with E-state index in [2.05, 4.69) is 17.4 Å². The predicted molar refractivity (Wildman–Crippen MR) is 127 cm³/mol. The van der Waals surface area contributed by atoms with E-state index in [4.69, 9.17) is 4.74 Å². The number of aliphatic hydroxyl groups is 1. The van der Waals surface area contributed by atoms with Gasteiger partial charge in [-0.3, -0.25) is 0 Å². The Kier molecular flexibility index (Phi) is 7.85. The quantitative estimate of drug-likeness (QED) is 0.455. The number of nitrogens with one attached hydrogen (secondary N) is 1. The van der Waals surface area contributed by atoms with Gasteiger partial charge in [0.15, 0.2) is 0 Å². The molecule has 2 aromatic carbocycles. The van der Waals surface area contributed by atoms with Crippen molar-refractivity contribution in [2.24, 2.45) is 5.92 Å². The van der Waals surface area contributed by atoms with Gasteiger partial charge in [0, 0.05) is 11.7 Å². The summed E-state index contributed by atoms with van der Waals surface area (Å²) >= 11 is 1.47. The molecule has 6 nitrogen and oxygen atoms in total. The minimum atomic E-state index is -1.10. The molecule has 0 radical (unpaired) electrons. The Labute approximate surface area is 193 Å². The minimum Gasteiger partial charge on any atom is -0.480 e. The van der Waals surface area contributed by atoms with E-state index >= 15 is 0 Å². The molecule has 1 aliphatic carbocycles. The highest BCUT2D eigenvalue weighted by molar-refractivity contribution is 7.99. The van der Waals surface area contributed by atoms with Crippen molar-refractivity contribution < 1.29 is 24.5 Å². The molecule has 172 valence electrons. The standard InChI is InChI=1S/C25H31NO5S/c1-16(2)25(3,30)15-32-13-12-22(23(27)28)26-24(29)31-14-21-19-10-6-4-8-17(19)18-9-5-7-11-20(18)21/h4-11,16,21-22,30H,12-15H2,1-3H3,(H,26,29)(H,27,28). The summed E-state index contributed by atoms with van der Waals surface area (Å²) in [5.74, 6) is -0.0740. The summed E-state index contributed by atoms with van der Waals surface area (Å²) in [6.45, 7) is 5.80. The number of amides is 1. The molecule has 0 fully saturated rings. The maximum atomic E-state index is 12.4. The van der Waals surface area contributed by atoms with E-state index in [-0.39, 0.29) is 24.9 Å². The molecule has 0 aliphatic heterocycles. The summed E-state index contributed by atoms with van der Waals surface area (Å²) in [6.07, 6.45) is -0.489. The second kappa shape index (κ2) is 10.4. The molecule has 3 rings (SSSR count). The maximum absolute atomic E-state index is 12.4. The molecule has 7 heteroatoms. The normalized spacial score (nSPS) is 15.5. The Morgan fingerprint density at radius 1 is 1.09 bits per heavy atom. The van der Waals surface area contributed by atoms with Crippen LogP contribution >= 0.6 is 11.8 Å². The van der Waals surface area contributed by atoms with Crippen molar-refractivity contribution in [2.45, 2.75) is 44.8 Å². The molecule has 2 unspecified atom stereocenters. The fourth-order valence-corrected chi connectivity index (χ4v) is 4.98. The van der Waals surface area contributed by atoms with Crippen LogP contribution in [0.2, 0.25) is 0 Å². The summed E-state index contributed by atoms with van der Waals surface area (Å²) in [7, 11) is 0. The molecule has 2 atom stereocenters. The van der Waals surface area contributed by atoms with Crippen LogP contribution in [0.3, 0.4) is 0 Å². The molecule has 1 aliphatic rings. The SMILES string of the molecule is CC(C)C(C)(O)CSCCC(NC(=O)OCC1c2ccccc2-c2ccccc21)C(=O)O. The number of thioether (sulfide) groups is 1. The van der Waals surface area contributed by atoms with Crippen LogP contribution in [0, 0.1) is 5.92 Å². The highest BCUT2D eigenvalue weighted by Crippen LogP contribution is 2.44. The molecule has 0 heterocycles. The van der Waals surface area contributed by atoms with Gasteiger partial charge in [-0.25, -0.2) is 9.59 Å². The van der Waals surface area contributed by atoms with E-state index in [1.54, 1.807) is 6.92 Å². The minimum absolute atomic E-state index is 0.0785. The largest absolute Gasteiger partial charge is 0.480 e. The van der Waals surface area contributed by atoms with Crippen molar-refractivity contribution in [1.29, 1.82) is 0 Å². The van der Waals surface area contributed by atoms with Gasteiger partial charge in [0.2, 0.25) is 0 Å². The predicted octanol–water partition coefficient (Wildman–Crippen LogP) is 4.51. The van der Waals surface area contributed by atoms with Gasteiger partial charge in [-0.05, 0) is 47.3 Å².